The molecule has 4 nitrogen and oxygen atoms in total. The van der Waals surface area contributed by atoms with E-state index in [0.717, 1.165) is 5.56 Å². The van der Waals surface area contributed by atoms with Gasteiger partial charge in [0.1, 0.15) is 0 Å². The molecule has 1 amide bonds. The standard InChI is InChI=1S/C11H13NO3/c1-8(13)12-6-5-9-3-4-11(15-2)10(14)7-9/h3-7,14H,1-2H3,(H,12,13)/b6-5+. The van der Waals surface area contributed by atoms with Crippen LogP contribution in [0.4, 0.5) is 0 Å². The molecule has 80 valence electrons. The lowest BCUT2D eigenvalue weighted by Gasteiger charge is -2.03. The Kier molecular flexibility index (Phi) is 3.74. The third kappa shape index (κ3) is 3.34. The van der Waals surface area contributed by atoms with Gasteiger partial charge in [-0.05, 0) is 23.8 Å². The molecule has 0 radical (unpaired) electrons. The van der Waals surface area contributed by atoms with E-state index >= 15 is 0 Å². The van der Waals surface area contributed by atoms with Gasteiger partial charge in [0.05, 0.1) is 7.11 Å². The van der Waals surface area contributed by atoms with Gasteiger partial charge in [0.2, 0.25) is 5.91 Å². The van der Waals surface area contributed by atoms with Crippen LogP contribution in [-0.4, -0.2) is 18.1 Å². The topological polar surface area (TPSA) is 58.6 Å². The number of ether oxygens (including phenoxy) is 1. The number of hydrogen-bond donors (Lipinski definition) is 2. The van der Waals surface area contributed by atoms with Crippen molar-refractivity contribution < 1.29 is 14.6 Å². The molecule has 0 saturated heterocycles. The molecule has 2 N–H and O–H groups in total. The number of carbonyl (C=O) groups excluding carboxylic acids is 1. The summed E-state index contributed by atoms with van der Waals surface area (Å²) in [6.45, 7) is 1.43. The van der Waals surface area contributed by atoms with E-state index in [9.17, 15) is 9.90 Å². The average Bonchev–Trinajstić information content (AvgIpc) is 2.17. The van der Waals surface area contributed by atoms with Crippen LogP contribution >= 0.6 is 0 Å². The first-order chi connectivity index (χ1) is 7.13. The van der Waals surface area contributed by atoms with E-state index in [1.165, 1.54) is 20.2 Å². The minimum Gasteiger partial charge on any atom is -0.504 e. The molecule has 0 bridgehead atoms. The second-order valence-corrected chi connectivity index (χ2v) is 2.97. The van der Waals surface area contributed by atoms with Crippen molar-refractivity contribution in [1.82, 2.24) is 5.32 Å². The number of hydrogen-bond acceptors (Lipinski definition) is 3. The Morgan fingerprint density at radius 3 is 2.80 bits per heavy atom. The summed E-state index contributed by atoms with van der Waals surface area (Å²) >= 11 is 0. The first kappa shape index (κ1) is 11.1. The van der Waals surface area contributed by atoms with Gasteiger partial charge < -0.3 is 15.2 Å². The molecular weight excluding hydrogens is 194 g/mol. The summed E-state index contributed by atoms with van der Waals surface area (Å²) in [6.07, 6.45) is 3.20. The van der Waals surface area contributed by atoms with Crippen LogP contribution < -0.4 is 10.1 Å². The Bertz CT molecular complexity index is 385. The second-order valence-electron chi connectivity index (χ2n) is 2.97. The van der Waals surface area contributed by atoms with Crippen LogP contribution in [0.3, 0.4) is 0 Å². The molecule has 0 aliphatic heterocycles. The Morgan fingerprint density at radius 1 is 1.53 bits per heavy atom. The molecule has 0 heterocycles. The summed E-state index contributed by atoms with van der Waals surface area (Å²) in [5.74, 6) is 0.359. The molecule has 0 aromatic heterocycles. The number of carbonyl (C=O) groups is 1. The highest BCUT2D eigenvalue weighted by atomic mass is 16.5. The van der Waals surface area contributed by atoms with Crippen LogP contribution in [0.5, 0.6) is 11.5 Å². The monoisotopic (exact) mass is 207 g/mol. The largest absolute Gasteiger partial charge is 0.504 e. The van der Waals surface area contributed by atoms with Crippen LogP contribution in [-0.2, 0) is 4.79 Å². The SMILES string of the molecule is COc1ccc(/C=C/NC(C)=O)cc1O. The van der Waals surface area contributed by atoms with E-state index in [-0.39, 0.29) is 11.7 Å². The highest BCUT2D eigenvalue weighted by Gasteiger charge is 1.99. The van der Waals surface area contributed by atoms with Crippen LogP contribution in [0.15, 0.2) is 24.4 Å². The lowest BCUT2D eigenvalue weighted by atomic mass is 10.2. The molecule has 1 aromatic carbocycles. The number of aromatic hydroxyl groups is 1. The molecule has 0 spiro atoms. The lowest BCUT2D eigenvalue weighted by Crippen LogP contribution is -2.10. The maximum Gasteiger partial charge on any atom is 0.220 e. The predicted octanol–water partition coefficient (Wildman–Crippen LogP) is 1.51. The molecule has 0 saturated carbocycles. The van der Waals surface area contributed by atoms with Gasteiger partial charge in [-0.2, -0.15) is 0 Å². The van der Waals surface area contributed by atoms with Gasteiger partial charge in [0, 0.05) is 13.1 Å². The predicted molar refractivity (Wildman–Crippen MR) is 57.5 cm³/mol. The zero-order chi connectivity index (χ0) is 11.3. The van der Waals surface area contributed by atoms with Gasteiger partial charge in [-0.3, -0.25) is 4.79 Å². The number of benzene rings is 1. The van der Waals surface area contributed by atoms with E-state index in [1.54, 1.807) is 24.3 Å². The van der Waals surface area contributed by atoms with Crippen LogP contribution in [0.1, 0.15) is 12.5 Å². The maximum atomic E-state index is 10.6. The van der Waals surface area contributed by atoms with E-state index in [4.69, 9.17) is 4.74 Å². The number of rotatable bonds is 3. The highest BCUT2D eigenvalue weighted by molar-refractivity contribution is 5.75. The zero-order valence-corrected chi connectivity index (χ0v) is 8.65. The summed E-state index contributed by atoms with van der Waals surface area (Å²) in [4.78, 5) is 10.6. The smallest absolute Gasteiger partial charge is 0.220 e. The Hall–Kier alpha value is -1.97. The summed E-state index contributed by atoms with van der Waals surface area (Å²) in [5, 5.41) is 12.0. The van der Waals surface area contributed by atoms with E-state index in [1.807, 2.05) is 0 Å². The molecule has 4 heteroatoms. The number of nitrogens with one attached hydrogen (secondary N) is 1. The fraction of sp³-hybridized carbons (Fsp3) is 0.182. The molecular formula is C11H13NO3. The quantitative estimate of drug-likeness (QED) is 0.789. The molecule has 0 fully saturated rings. The third-order valence-electron chi connectivity index (χ3n) is 1.77. The molecule has 0 unspecified atom stereocenters. The summed E-state index contributed by atoms with van der Waals surface area (Å²) in [5.41, 5.74) is 0.780. The van der Waals surface area contributed by atoms with Crippen LogP contribution in [0, 0.1) is 0 Å². The van der Waals surface area contributed by atoms with Gasteiger partial charge in [-0.15, -0.1) is 0 Å². The molecule has 0 aliphatic carbocycles. The fourth-order valence-electron chi connectivity index (χ4n) is 1.07. The molecule has 15 heavy (non-hydrogen) atoms. The van der Waals surface area contributed by atoms with E-state index < -0.39 is 0 Å². The van der Waals surface area contributed by atoms with Gasteiger partial charge in [0.15, 0.2) is 11.5 Å². The third-order valence-corrected chi connectivity index (χ3v) is 1.77. The minimum atomic E-state index is -0.135. The summed E-state index contributed by atoms with van der Waals surface area (Å²) < 4.78 is 4.90. The van der Waals surface area contributed by atoms with Crippen molar-refractivity contribution in [3.05, 3.63) is 30.0 Å². The van der Waals surface area contributed by atoms with Crippen molar-refractivity contribution in [1.29, 1.82) is 0 Å². The van der Waals surface area contributed by atoms with Crippen molar-refractivity contribution in [3.63, 3.8) is 0 Å². The lowest BCUT2D eigenvalue weighted by molar-refractivity contribution is -0.118. The Labute approximate surface area is 88.2 Å². The van der Waals surface area contributed by atoms with Crippen molar-refractivity contribution in [2.75, 3.05) is 7.11 Å². The van der Waals surface area contributed by atoms with Crippen molar-refractivity contribution in [2.45, 2.75) is 6.92 Å². The normalized spacial score (nSPS) is 10.3. The Morgan fingerprint density at radius 2 is 2.27 bits per heavy atom. The maximum absolute atomic E-state index is 10.6. The van der Waals surface area contributed by atoms with Crippen molar-refractivity contribution >= 4 is 12.0 Å². The number of methoxy groups -OCH3 is 1. The molecule has 1 aromatic rings. The fourth-order valence-corrected chi connectivity index (χ4v) is 1.07. The highest BCUT2D eigenvalue weighted by Crippen LogP contribution is 2.26. The Balaban J connectivity index is 2.75. The van der Waals surface area contributed by atoms with Crippen LogP contribution in [0.25, 0.3) is 6.08 Å². The van der Waals surface area contributed by atoms with Gasteiger partial charge in [-0.25, -0.2) is 0 Å². The molecule has 1 rings (SSSR count). The summed E-state index contributed by atoms with van der Waals surface area (Å²) in [7, 11) is 1.49. The molecule has 0 atom stereocenters. The minimum absolute atomic E-state index is 0.0717. The van der Waals surface area contributed by atoms with Crippen molar-refractivity contribution in [3.8, 4) is 11.5 Å². The van der Waals surface area contributed by atoms with E-state index in [2.05, 4.69) is 5.32 Å². The van der Waals surface area contributed by atoms with Gasteiger partial charge in [-0.1, -0.05) is 6.07 Å². The van der Waals surface area contributed by atoms with Gasteiger partial charge in [0.25, 0.3) is 0 Å². The average molecular weight is 207 g/mol. The zero-order valence-electron chi connectivity index (χ0n) is 8.65. The van der Waals surface area contributed by atoms with Crippen LogP contribution in [0.2, 0.25) is 0 Å². The molecule has 0 aliphatic rings. The number of phenolic OH excluding ortho intramolecular Hbond substituents is 1. The number of amides is 1. The second kappa shape index (κ2) is 5.05. The number of phenols is 1. The van der Waals surface area contributed by atoms with Gasteiger partial charge >= 0.3 is 0 Å². The first-order valence-electron chi connectivity index (χ1n) is 4.44. The summed E-state index contributed by atoms with van der Waals surface area (Å²) in [6, 6.07) is 4.98. The van der Waals surface area contributed by atoms with Crippen molar-refractivity contribution in [2.24, 2.45) is 0 Å². The first-order valence-corrected chi connectivity index (χ1v) is 4.44. The van der Waals surface area contributed by atoms with E-state index in [0.29, 0.717) is 5.75 Å².